The molecule has 8 nitrogen and oxygen atoms in total. The summed E-state index contributed by atoms with van der Waals surface area (Å²) in [5, 5.41) is 11.3. The zero-order valence-electron chi connectivity index (χ0n) is 15.6. The number of nitro benzene ring substituents is 1. The maximum atomic E-state index is 13.8. The second-order valence-corrected chi connectivity index (χ2v) is 7.20. The molecule has 0 saturated carbocycles. The molecule has 1 aromatic rings. The molecule has 0 bridgehead atoms. The summed E-state index contributed by atoms with van der Waals surface area (Å²) in [6.07, 6.45) is -0.421. The number of carbonyl (C=O) groups is 1. The summed E-state index contributed by atoms with van der Waals surface area (Å²) < 4.78 is 24.2. The lowest BCUT2D eigenvalue weighted by molar-refractivity contribution is -0.384. The van der Waals surface area contributed by atoms with Gasteiger partial charge in [-0.3, -0.25) is 10.1 Å². The van der Waals surface area contributed by atoms with E-state index in [-0.39, 0.29) is 23.2 Å². The van der Waals surface area contributed by atoms with E-state index in [0.717, 1.165) is 6.07 Å². The van der Waals surface area contributed by atoms with Crippen molar-refractivity contribution in [1.29, 1.82) is 0 Å². The highest BCUT2D eigenvalue weighted by Gasteiger charge is 2.33. The average Bonchev–Trinajstić information content (AvgIpc) is 2.52. The maximum Gasteiger partial charge on any atom is 0.410 e. The highest BCUT2D eigenvalue weighted by atomic mass is 19.1. The number of nitrogens with zero attached hydrogens (tertiary/aromatic N) is 3. The van der Waals surface area contributed by atoms with Gasteiger partial charge in [-0.25, -0.2) is 9.18 Å². The molecule has 1 saturated heterocycles. The van der Waals surface area contributed by atoms with Crippen molar-refractivity contribution >= 4 is 17.5 Å². The molecule has 1 heterocycles. The fourth-order valence-electron chi connectivity index (χ4n) is 2.86. The Bertz CT molecular complexity index is 704. The number of hydrogen-bond donors (Lipinski definition) is 0. The SMILES string of the molecule is COc1cc(N2CCN(C(=O)OC(C)(C)C)[C@H](C)C2)c([N+](=O)[O-])cc1F. The van der Waals surface area contributed by atoms with Crippen LogP contribution in [-0.2, 0) is 4.74 Å². The highest BCUT2D eigenvalue weighted by molar-refractivity contribution is 5.70. The van der Waals surface area contributed by atoms with E-state index >= 15 is 0 Å². The van der Waals surface area contributed by atoms with Crippen molar-refractivity contribution in [3.05, 3.63) is 28.1 Å². The minimum Gasteiger partial charge on any atom is -0.494 e. The van der Waals surface area contributed by atoms with E-state index in [1.165, 1.54) is 13.2 Å². The summed E-state index contributed by atoms with van der Waals surface area (Å²) in [5.74, 6) is -0.851. The molecule has 26 heavy (non-hydrogen) atoms. The predicted octanol–water partition coefficient (Wildman–Crippen LogP) is 3.19. The van der Waals surface area contributed by atoms with E-state index in [4.69, 9.17) is 9.47 Å². The van der Waals surface area contributed by atoms with Crippen LogP contribution in [-0.4, -0.2) is 54.3 Å². The number of hydrogen-bond acceptors (Lipinski definition) is 6. The summed E-state index contributed by atoms with van der Waals surface area (Å²) in [6.45, 7) is 8.27. The average molecular weight is 369 g/mol. The molecule has 0 aliphatic carbocycles. The van der Waals surface area contributed by atoms with Gasteiger partial charge in [0, 0.05) is 31.7 Å². The van der Waals surface area contributed by atoms with E-state index in [1.807, 2.05) is 6.92 Å². The lowest BCUT2D eigenvalue weighted by Crippen LogP contribution is -2.55. The van der Waals surface area contributed by atoms with E-state index in [2.05, 4.69) is 0 Å². The van der Waals surface area contributed by atoms with Crippen molar-refractivity contribution in [2.45, 2.75) is 39.3 Å². The predicted molar refractivity (Wildman–Crippen MR) is 94.2 cm³/mol. The Morgan fingerprint density at radius 3 is 2.50 bits per heavy atom. The first-order valence-corrected chi connectivity index (χ1v) is 8.30. The van der Waals surface area contributed by atoms with Crippen LogP contribution in [0.25, 0.3) is 0 Å². The molecular formula is C17H24FN3O5. The molecule has 0 radical (unpaired) electrons. The lowest BCUT2D eigenvalue weighted by Gasteiger charge is -2.41. The van der Waals surface area contributed by atoms with Crippen LogP contribution >= 0.6 is 0 Å². The number of amides is 1. The van der Waals surface area contributed by atoms with Crippen molar-refractivity contribution in [1.82, 2.24) is 4.90 Å². The molecule has 0 unspecified atom stereocenters. The number of carbonyl (C=O) groups excluding carboxylic acids is 1. The Hall–Kier alpha value is -2.58. The van der Waals surface area contributed by atoms with Crippen LogP contribution in [0, 0.1) is 15.9 Å². The van der Waals surface area contributed by atoms with Gasteiger partial charge in [-0.05, 0) is 27.7 Å². The van der Waals surface area contributed by atoms with Crippen LogP contribution in [0.2, 0.25) is 0 Å². The Morgan fingerprint density at radius 1 is 1.35 bits per heavy atom. The monoisotopic (exact) mass is 369 g/mol. The molecule has 1 atom stereocenters. The molecule has 0 N–H and O–H groups in total. The van der Waals surface area contributed by atoms with Crippen molar-refractivity contribution in [3.63, 3.8) is 0 Å². The molecule has 2 rings (SSSR count). The topological polar surface area (TPSA) is 85.2 Å². The van der Waals surface area contributed by atoms with Gasteiger partial charge in [0.1, 0.15) is 11.3 Å². The zero-order valence-corrected chi connectivity index (χ0v) is 15.6. The Morgan fingerprint density at radius 2 is 2.00 bits per heavy atom. The molecule has 1 aliphatic heterocycles. The smallest absolute Gasteiger partial charge is 0.410 e. The minimum atomic E-state index is -0.789. The van der Waals surface area contributed by atoms with E-state index in [1.54, 1.807) is 30.6 Å². The third kappa shape index (κ3) is 4.33. The standard InChI is InChI=1S/C17H24FN3O5/c1-11-10-19(6-7-20(11)16(22)26-17(2,3)4)13-9-15(25-5)12(18)8-14(13)21(23)24/h8-9,11H,6-7,10H2,1-5H3/t11-/m1/s1. The fourth-order valence-corrected chi connectivity index (χ4v) is 2.86. The van der Waals surface area contributed by atoms with Gasteiger partial charge in [-0.1, -0.05) is 0 Å². The first kappa shape index (κ1) is 19.7. The second kappa shape index (κ2) is 7.35. The number of benzene rings is 1. The fraction of sp³-hybridized carbons (Fsp3) is 0.588. The third-order valence-electron chi connectivity index (χ3n) is 4.04. The maximum absolute atomic E-state index is 13.8. The molecular weight excluding hydrogens is 345 g/mol. The van der Waals surface area contributed by atoms with Gasteiger partial charge in [-0.15, -0.1) is 0 Å². The molecule has 1 fully saturated rings. The van der Waals surface area contributed by atoms with Crippen LogP contribution < -0.4 is 9.64 Å². The van der Waals surface area contributed by atoms with Gasteiger partial charge >= 0.3 is 6.09 Å². The number of anilines is 1. The van der Waals surface area contributed by atoms with Gasteiger partial charge in [0.05, 0.1) is 18.1 Å². The van der Waals surface area contributed by atoms with Gasteiger partial charge in [-0.2, -0.15) is 0 Å². The Kier molecular flexibility index (Phi) is 5.58. The summed E-state index contributed by atoms with van der Waals surface area (Å²) >= 11 is 0. The van der Waals surface area contributed by atoms with Crippen LogP contribution in [0.15, 0.2) is 12.1 Å². The van der Waals surface area contributed by atoms with Crippen molar-refractivity contribution in [3.8, 4) is 5.75 Å². The van der Waals surface area contributed by atoms with Crippen LogP contribution in [0.3, 0.4) is 0 Å². The lowest BCUT2D eigenvalue weighted by atomic mass is 10.1. The summed E-state index contributed by atoms with van der Waals surface area (Å²) in [5.41, 5.74) is -0.665. The molecule has 1 aliphatic rings. The quantitative estimate of drug-likeness (QED) is 0.601. The van der Waals surface area contributed by atoms with Crippen molar-refractivity contribution < 1.29 is 23.6 Å². The molecule has 1 amide bonds. The van der Waals surface area contributed by atoms with Crippen LogP contribution in [0.4, 0.5) is 20.6 Å². The number of nitro groups is 1. The van der Waals surface area contributed by atoms with Gasteiger partial charge in [0.25, 0.3) is 5.69 Å². The number of ether oxygens (including phenoxy) is 2. The number of halogens is 1. The summed E-state index contributed by atoms with van der Waals surface area (Å²) in [4.78, 5) is 26.3. The molecule has 144 valence electrons. The molecule has 1 aromatic carbocycles. The van der Waals surface area contributed by atoms with Crippen molar-refractivity contribution in [2.75, 3.05) is 31.6 Å². The van der Waals surface area contributed by atoms with Crippen molar-refractivity contribution in [2.24, 2.45) is 0 Å². The van der Waals surface area contributed by atoms with Crippen LogP contribution in [0.5, 0.6) is 5.75 Å². The second-order valence-electron chi connectivity index (χ2n) is 7.20. The van der Waals surface area contributed by atoms with Gasteiger partial charge in [0.2, 0.25) is 0 Å². The van der Waals surface area contributed by atoms with E-state index in [0.29, 0.717) is 19.6 Å². The first-order chi connectivity index (χ1) is 12.0. The van der Waals surface area contributed by atoms with E-state index in [9.17, 15) is 19.3 Å². The third-order valence-corrected chi connectivity index (χ3v) is 4.04. The highest BCUT2D eigenvalue weighted by Crippen LogP contribution is 2.35. The number of rotatable bonds is 3. The largest absolute Gasteiger partial charge is 0.494 e. The zero-order chi connectivity index (χ0) is 19.6. The molecule has 0 spiro atoms. The number of methoxy groups -OCH3 is 1. The summed E-state index contributed by atoms with van der Waals surface area (Å²) in [7, 11) is 1.30. The van der Waals surface area contributed by atoms with Gasteiger partial charge < -0.3 is 19.3 Å². The summed E-state index contributed by atoms with van der Waals surface area (Å²) in [6, 6.07) is 1.96. The van der Waals surface area contributed by atoms with E-state index < -0.39 is 22.4 Å². The molecule has 9 heteroatoms. The van der Waals surface area contributed by atoms with Crippen LogP contribution in [0.1, 0.15) is 27.7 Å². The normalized spacial score (nSPS) is 17.8. The first-order valence-electron chi connectivity index (χ1n) is 8.30. The molecule has 0 aromatic heterocycles. The Labute approximate surface area is 151 Å². The number of piperazine rings is 1. The minimum absolute atomic E-state index is 0.0622. The van der Waals surface area contributed by atoms with Gasteiger partial charge in [0.15, 0.2) is 11.6 Å². The Balaban J connectivity index is 2.23.